The van der Waals surface area contributed by atoms with Crippen LogP contribution in [0.2, 0.25) is 0 Å². The summed E-state index contributed by atoms with van der Waals surface area (Å²) in [5.41, 5.74) is 4.03. The molecule has 1 saturated heterocycles. The largest absolute Gasteiger partial charge is 0.495 e. The zero-order chi connectivity index (χ0) is 44.3. The van der Waals surface area contributed by atoms with E-state index in [0.29, 0.717) is 60.4 Å². The Balaban J connectivity index is 1.25. The number of hydrogen-bond donors (Lipinski definition) is 1. The Hall–Kier alpha value is -7.35. The lowest BCUT2D eigenvalue weighted by atomic mass is 10.0. The molecule has 0 aliphatic carbocycles. The van der Waals surface area contributed by atoms with Crippen LogP contribution in [0.5, 0.6) is 11.5 Å². The number of nitrogens with one attached hydrogen (secondary N) is 1. The van der Waals surface area contributed by atoms with Crippen LogP contribution in [-0.2, 0) is 18.9 Å². The molecule has 0 spiro atoms. The van der Waals surface area contributed by atoms with Gasteiger partial charge in [0.05, 0.1) is 58.6 Å². The molecule has 64 heavy (non-hydrogen) atoms. The number of rotatable bonds is 12. The molecule has 2 aliphatic heterocycles. The second-order valence-corrected chi connectivity index (χ2v) is 16.1. The normalized spacial score (nSPS) is 17.5. The van der Waals surface area contributed by atoms with E-state index >= 15 is 4.39 Å². The Morgan fingerprint density at radius 3 is 1.91 bits per heavy atom. The first kappa shape index (κ1) is 42.0. The molecule has 9 rings (SSSR count). The summed E-state index contributed by atoms with van der Waals surface area (Å²) in [4.78, 5) is 44.7. The number of nitrogens with zero attached hydrogens (tertiary/aromatic N) is 1. The van der Waals surface area contributed by atoms with Crippen molar-refractivity contribution in [3.05, 3.63) is 180 Å². The number of carbonyl (C=O) groups is 3. The van der Waals surface area contributed by atoms with Gasteiger partial charge in [0, 0.05) is 15.7 Å². The second kappa shape index (κ2) is 18.2. The predicted octanol–water partition coefficient (Wildman–Crippen LogP) is 10.7. The third-order valence-electron chi connectivity index (χ3n) is 11.0. The smallest absolute Gasteiger partial charge is 0.338 e. The van der Waals surface area contributed by atoms with Gasteiger partial charge >= 0.3 is 17.9 Å². The van der Waals surface area contributed by atoms with Crippen molar-refractivity contribution < 1.29 is 47.2 Å². The predicted molar refractivity (Wildman–Crippen MR) is 241 cm³/mol. The summed E-state index contributed by atoms with van der Waals surface area (Å²) in [6, 6.07) is 43.0. The van der Waals surface area contributed by atoms with Crippen molar-refractivity contribution in [3.8, 4) is 11.5 Å². The zero-order valence-corrected chi connectivity index (χ0v) is 35.7. The lowest BCUT2D eigenvalue weighted by Crippen LogP contribution is -2.47. The molecule has 13 heteroatoms. The first-order valence-corrected chi connectivity index (χ1v) is 21.2. The minimum absolute atomic E-state index is 0.235. The average molecular weight is 877 g/mol. The Bertz CT molecular complexity index is 2870. The van der Waals surface area contributed by atoms with Gasteiger partial charge in [-0.3, -0.25) is 0 Å². The molecule has 0 amide bonds. The molecular formula is C51H41FN2O9S. The third-order valence-corrected chi connectivity index (χ3v) is 12.1. The van der Waals surface area contributed by atoms with E-state index in [9.17, 15) is 14.4 Å². The maximum Gasteiger partial charge on any atom is 0.338 e. The summed E-state index contributed by atoms with van der Waals surface area (Å²) in [7, 11) is 3.17. The molecule has 0 radical (unpaired) electrons. The molecule has 0 unspecified atom stereocenters. The van der Waals surface area contributed by atoms with Crippen LogP contribution in [0, 0.1) is 12.7 Å². The van der Waals surface area contributed by atoms with Crippen molar-refractivity contribution in [2.45, 2.75) is 41.3 Å². The van der Waals surface area contributed by atoms with Crippen molar-refractivity contribution in [1.29, 1.82) is 0 Å². The van der Waals surface area contributed by atoms with Gasteiger partial charge in [-0.1, -0.05) is 96.7 Å². The van der Waals surface area contributed by atoms with Crippen LogP contribution in [0.15, 0.2) is 161 Å². The molecule has 7 aromatic rings. The molecular weight excluding hydrogens is 836 g/mol. The third kappa shape index (κ3) is 8.18. The number of anilines is 4. The topological polar surface area (TPSA) is 122 Å². The van der Waals surface area contributed by atoms with E-state index in [1.54, 1.807) is 111 Å². The van der Waals surface area contributed by atoms with Gasteiger partial charge in [-0.25, -0.2) is 18.8 Å². The summed E-state index contributed by atoms with van der Waals surface area (Å²) in [6.45, 7) is 1.57. The Morgan fingerprint density at radius 1 is 0.688 bits per heavy atom. The number of esters is 3. The van der Waals surface area contributed by atoms with E-state index in [0.717, 1.165) is 5.56 Å². The monoisotopic (exact) mass is 876 g/mol. The number of ether oxygens (including phenoxy) is 6. The van der Waals surface area contributed by atoms with E-state index in [2.05, 4.69) is 5.32 Å². The molecule has 1 fully saturated rings. The molecule has 2 heterocycles. The first-order chi connectivity index (χ1) is 31.2. The molecule has 0 bridgehead atoms. The number of aryl methyl sites for hydroxylation is 1. The zero-order valence-electron chi connectivity index (χ0n) is 34.9. The van der Waals surface area contributed by atoms with E-state index in [1.165, 1.54) is 23.9 Å². The van der Waals surface area contributed by atoms with Crippen LogP contribution in [0.1, 0.15) is 36.6 Å². The van der Waals surface area contributed by atoms with Crippen molar-refractivity contribution in [2.24, 2.45) is 0 Å². The van der Waals surface area contributed by atoms with Gasteiger partial charge in [0.15, 0.2) is 24.2 Å². The highest BCUT2D eigenvalue weighted by atomic mass is 32.2. The summed E-state index contributed by atoms with van der Waals surface area (Å²) < 4.78 is 53.0. The van der Waals surface area contributed by atoms with E-state index in [4.69, 9.17) is 28.4 Å². The molecule has 0 aromatic heterocycles. The van der Waals surface area contributed by atoms with Crippen LogP contribution in [-0.4, -0.2) is 63.3 Å². The summed E-state index contributed by atoms with van der Waals surface area (Å²) in [5.74, 6) is -1.50. The molecule has 7 aromatic carbocycles. The average Bonchev–Trinajstić information content (AvgIpc) is 3.65. The standard InChI is InChI=1S/C51H41FN2O9S/c1-30-23-26-39(58-2)37(27-30)53-42-44(59-3)36-22-14-13-21-35(36)43-47(42)64-41-28-34(52)24-25-38(41)54(43)48-46(63-51(57)33-19-11-6-12-20-33)45(62-50(56)32-17-9-5-10-18-32)40(61-48)29-60-49(55)31-15-7-4-8-16-31/h4-28,40,45-46,48,53H,29H2,1-3H3/t40-,45-,46-,48-/m1/s1. The van der Waals surface area contributed by atoms with Gasteiger partial charge in [-0.2, -0.15) is 0 Å². The number of fused-ring (bicyclic) bond motifs is 4. The van der Waals surface area contributed by atoms with Crippen molar-refractivity contribution >= 4 is 63.2 Å². The van der Waals surface area contributed by atoms with Gasteiger partial charge in [0.2, 0.25) is 0 Å². The highest BCUT2D eigenvalue weighted by Crippen LogP contribution is 2.59. The second-order valence-electron chi connectivity index (χ2n) is 15.0. The fraction of sp³-hybridized carbons (Fsp3) is 0.157. The molecule has 11 nitrogen and oxygen atoms in total. The lowest BCUT2D eigenvalue weighted by Gasteiger charge is -2.40. The summed E-state index contributed by atoms with van der Waals surface area (Å²) >= 11 is 1.32. The highest BCUT2D eigenvalue weighted by Gasteiger charge is 2.54. The van der Waals surface area contributed by atoms with Crippen LogP contribution in [0.3, 0.4) is 0 Å². The quantitative estimate of drug-likeness (QED) is 0.0929. The number of halogens is 1. The molecule has 1 N–H and O–H groups in total. The number of hydrogen-bond acceptors (Lipinski definition) is 12. The van der Waals surface area contributed by atoms with Gasteiger partial charge in [-0.15, -0.1) is 0 Å². The van der Waals surface area contributed by atoms with Crippen LogP contribution >= 0.6 is 11.8 Å². The maximum atomic E-state index is 15.4. The van der Waals surface area contributed by atoms with Crippen LogP contribution < -0.4 is 19.7 Å². The lowest BCUT2D eigenvalue weighted by molar-refractivity contribution is -0.0446. The number of carbonyl (C=O) groups excluding carboxylic acids is 3. The van der Waals surface area contributed by atoms with E-state index < -0.39 is 54.9 Å². The minimum atomic E-state index is -1.37. The molecule has 4 atom stereocenters. The maximum absolute atomic E-state index is 15.4. The molecule has 0 saturated carbocycles. The van der Waals surface area contributed by atoms with Crippen molar-refractivity contribution in [3.63, 3.8) is 0 Å². The Morgan fingerprint density at radius 2 is 1.28 bits per heavy atom. The number of benzene rings is 7. The van der Waals surface area contributed by atoms with E-state index in [-0.39, 0.29) is 11.1 Å². The van der Waals surface area contributed by atoms with E-state index in [1.807, 2.05) is 54.3 Å². The fourth-order valence-electron chi connectivity index (χ4n) is 8.01. The van der Waals surface area contributed by atoms with Crippen molar-refractivity contribution in [1.82, 2.24) is 0 Å². The van der Waals surface area contributed by atoms with Gasteiger partial charge in [0.25, 0.3) is 0 Å². The Kier molecular flexibility index (Phi) is 11.9. The Labute approximate surface area is 372 Å². The SMILES string of the molecule is COc1ccc(C)cc1Nc1c2c(c3ccccc3c1OC)N([C@@H]1O[C@H](COC(=O)c3ccccc3)[C@@H](OC(=O)c3ccccc3)[C@H]1OC(=O)c1ccccc1)c1ccc(F)cc1S2. The van der Waals surface area contributed by atoms with Gasteiger partial charge in [-0.05, 0) is 79.2 Å². The number of methoxy groups -OCH3 is 2. The van der Waals surface area contributed by atoms with Crippen molar-refractivity contribution in [2.75, 3.05) is 31.0 Å². The van der Waals surface area contributed by atoms with Gasteiger partial charge in [0.1, 0.15) is 24.3 Å². The minimum Gasteiger partial charge on any atom is -0.495 e. The van der Waals surface area contributed by atoms with Crippen LogP contribution in [0.25, 0.3) is 10.8 Å². The van der Waals surface area contributed by atoms with Crippen LogP contribution in [0.4, 0.5) is 27.1 Å². The fourth-order valence-corrected chi connectivity index (χ4v) is 9.23. The first-order valence-electron chi connectivity index (χ1n) is 20.4. The molecule has 2 aliphatic rings. The molecule has 322 valence electrons. The highest BCUT2D eigenvalue weighted by molar-refractivity contribution is 8.00. The summed E-state index contributed by atoms with van der Waals surface area (Å²) in [5, 5.41) is 5.02. The van der Waals surface area contributed by atoms with Gasteiger partial charge < -0.3 is 38.6 Å². The summed E-state index contributed by atoms with van der Waals surface area (Å²) in [6.07, 6.45) is -5.17.